The van der Waals surface area contributed by atoms with Gasteiger partial charge < -0.3 is 14.5 Å². The summed E-state index contributed by atoms with van der Waals surface area (Å²) in [4.78, 5) is 22.6. The maximum absolute atomic E-state index is 12.5. The van der Waals surface area contributed by atoms with Gasteiger partial charge in [0.25, 0.3) is 5.91 Å². The fourth-order valence-corrected chi connectivity index (χ4v) is 3.22. The molecule has 24 heavy (non-hydrogen) atoms. The number of carbonyl (C=O) groups is 1. The first-order valence-corrected chi connectivity index (χ1v) is 8.20. The summed E-state index contributed by atoms with van der Waals surface area (Å²) in [7, 11) is 0. The summed E-state index contributed by atoms with van der Waals surface area (Å²) < 4.78 is 11.3. The van der Waals surface area contributed by atoms with Crippen LogP contribution in [0.25, 0.3) is 0 Å². The summed E-state index contributed by atoms with van der Waals surface area (Å²) in [5.74, 6) is -1.02. The number of hydrogen-bond acceptors (Lipinski definition) is 5. The highest BCUT2D eigenvalue weighted by Gasteiger charge is 2.37. The normalized spacial score (nSPS) is 16.5. The minimum atomic E-state index is -0.671. The van der Waals surface area contributed by atoms with Gasteiger partial charge in [0.1, 0.15) is 4.92 Å². The molecular weight excluding hydrogens is 380 g/mol. The molecule has 0 radical (unpaired) electrons. The van der Waals surface area contributed by atoms with Gasteiger partial charge in [-0.25, -0.2) is 0 Å². The summed E-state index contributed by atoms with van der Waals surface area (Å²) in [5.41, 5.74) is 0.357. The SMILES string of the molecule is O=C(NC1(c2cccc(Br)c2)CCOCC1)c1ccc([N+](=O)[O-])o1. The van der Waals surface area contributed by atoms with Crippen molar-refractivity contribution < 1.29 is 18.9 Å². The highest BCUT2D eigenvalue weighted by Crippen LogP contribution is 2.34. The molecule has 0 atom stereocenters. The molecule has 1 aromatic carbocycles. The number of nitrogens with zero attached hydrogens (tertiary/aromatic N) is 1. The third kappa shape index (κ3) is 3.34. The van der Waals surface area contributed by atoms with Crippen molar-refractivity contribution in [3.05, 3.63) is 62.3 Å². The molecule has 1 N–H and O–H groups in total. The fourth-order valence-electron chi connectivity index (χ4n) is 2.82. The Balaban J connectivity index is 1.89. The number of hydrogen-bond donors (Lipinski definition) is 1. The number of furan rings is 1. The van der Waals surface area contributed by atoms with Crippen molar-refractivity contribution >= 4 is 27.7 Å². The van der Waals surface area contributed by atoms with Crippen LogP contribution in [-0.2, 0) is 10.3 Å². The van der Waals surface area contributed by atoms with Gasteiger partial charge >= 0.3 is 5.88 Å². The van der Waals surface area contributed by atoms with Crippen molar-refractivity contribution in [2.24, 2.45) is 0 Å². The standard InChI is InChI=1S/C16H15BrN2O5/c17-12-3-1-2-11(10-12)16(6-8-23-9-7-16)18-15(20)13-4-5-14(24-13)19(21)22/h1-5,10H,6-9H2,(H,18,20). The zero-order valence-electron chi connectivity index (χ0n) is 12.7. The minimum absolute atomic E-state index is 0.0810. The van der Waals surface area contributed by atoms with Gasteiger partial charge in [-0.05, 0) is 36.6 Å². The van der Waals surface area contributed by atoms with Crippen LogP contribution < -0.4 is 5.32 Å². The first-order chi connectivity index (χ1) is 11.5. The van der Waals surface area contributed by atoms with E-state index in [1.807, 2.05) is 24.3 Å². The van der Waals surface area contributed by atoms with Crippen molar-refractivity contribution in [2.75, 3.05) is 13.2 Å². The number of rotatable bonds is 4. The van der Waals surface area contributed by atoms with E-state index in [-0.39, 0.29) is 5.76 Å². The van der Waals surface area contributed by atoms with Crippen LogP contribution in [0.4, 0.5) is 5.88 Å². The Morgan fingerprint density at radius 1 is 1.25 bits per heavy atom. The molecule has 2 heterocycles. The summed E-state index contributed by atoms with van der Waals surface area (Å²) in [5, 5.41) is 13.7. The lowest BCUT2D eigenvalue weighted by Crippen LogP contribution is -2.49. The average molecular weight is 395 g/mol. The molecule has 8 heteroatoms. The Hall–Kier alpha value is -2.19. The molecule has 3 rings (SSSR count). The van der Waals surface area contributed by atoms with Crippen molar-refractivity contribution in [2.45, 2.75) is 18.4 Å². The molecule has 7 nitrogen and oxygen atoms in total. The second-order valence-electron chi connectivity index (χ2n) is 5.55. The summed E-state index contributed by atoms with van der Waals surface area (Å²) in [6, 6.07) is 10.2. The lowest BCUT2D eigenvalue weighted by atomic mass is 9.82. The minimum Gasteiger partial charge on any atom is -0.395 e. The summed E-state index contributed by atoms with van der Waals surface area (Å²) in [6.07, 6.45) is 1.22. The molecule has 0 saturated carbocycles. The Morgan fingerprint density at radius 2 is 2.00 bits per heavy atom. The van der Waals surface area contributed by atoms with E-state index in [1.165, 1.54) is 12.1 Å². The van der Waals surface area contributed by atoms with Gasteiger partial charge in [-0.2, -0.15) is 0 Å². The third-order valence-corrected chi connectivity index (χ3v) is 4.57. The zero-order chi connectivity index (χ0) is 17.2. The highest BCUT2D eigenvalue weighted by atomic mass is 79.9. The molecule has 0 aliphatic carbocycles. The van der Waals surface area contributed by atoms with Crippen molar-refractivity contribution in [1.82, 2.24) is 5.32 Å². The first kappa shape index (κ1) is 16.7. The van der Waals surface area contributed by atoms with E-state index in [0.717, 1.165) is 10.0 Å². The lowest BCUT2D eigenvalue weighted by Gasteiger charge is -2.38. The fraction of sp³-hybridized carbons (Fsp3) is 0.312. The van der Waals surface area contributed by atoms with Crippen LogP contribution in [0.3, 0.4) is 0 Å². The Kier molecular flexibility index (Phi) is 4.68. The second-order valence-corrected chi connectivity index (χ2v) is 6.47. The molecule has 1 fully saturated rings. The van der Waals surface area contributed by atoms with Crippen LogP contribution >= 0.6 is 15.9 Å². The number of nitrogens with one attached hydrogen (secondary N) is 1. The number of benzene rings is 1. The van der Waals surface area contributed by atoms with Gasteiger partial charge in [-0.15, -0.1) is 0 Å². The molecule has 1 aromatic heterocycles. The lowest BCUT2D eigenvalue weighted by molar-refractivity contribution is -0.402. The van der Waals surface area contributed by atoms with Crippen LogP contribution in [0.2, 0.25) is 0 Å². The van der Waals surface area contributed by atoms with E-state index in [4.69, 9.17) is 9.15 Å². The van der Waals surface area contributed by atoms with Crippen LogP contribution in [0.5, 0.6) is 0 Å². The number of halogens is 1. The van der Waals surface area contributed by atoms with Gasteiger partial charge in [0, 0.05) is 17.7 Å². The molecule has 126 valence electrons. The van der Waals surface area contributed by atoms with E-state index in [1.54, 1.807) is 0 Å². The largest absolute Gasteiger partial charge is 0.433 e. The van der Waals surface area contributed by atoms with E-state index in [9.17, 15) is 14.9 Å². The monoisotopic (exact) mass is 394 g/mol. The maximum Gasteiger partial charge on any atom is 0.433 e. The van der Waals surface area contributed by atoms with Crippen LogP contribution in [0.15, 0.2) is 45.3 Å². The van der Waals surface area contributed by atoms with Crippen molar-refractivity contribution in [3.63, 3.8) is 0 Å². The van der Waals surface area contributed by atoms with E-state index < -0.39 is 22.3 Å². The quantitative estimate of drug-likeness (QED) is 0.633. The summed E-state index contributed by atoms with van der Waals surface area (Å²) >= 11 is 3.45. The van der Waals surface area contributed by atoms with Crippen LogP contribution in [0.1, 0.15) is 29.0 Å². The van der Waals surface area contributed by atoms with Gasteiger partial charge in [-0.3, -0.25) is 14.9 Å². The molecule has 1 amide bonds. The molecule has 0 bridgehead atoms. The molecule has 1 aliphatic rings. The molecule has 0 unspecified atom stereocenters. The van der Waals surface area contributed by atoms with Crippen LogP contribution in [-0.4, -0.2) is 24.0 Å². The Bertz CT molecular complexity index is 767. The van der Waals surface area contributed by atoms with Gasteiger partial charge in [0.15, 0.2) is 5.76 Å². The van der Waals surface area contributed by atoms with Crippen LogP contribution in [0, 0.1) is 10.1 Å². The smallest absolute Gasteiger partial charge is 0.395 e. The van der Waals surface area contributed by atoms with Crippen molar-refractivity contribution in [1.29, 1.82) is 0 Å². The molecule has 2 aromatic rings. The van der Waals surface area contributed by atoms with Crippen molar-refractivity contribution in [3.8, 4) is 0 Å². The van der Waals surface area contributed by atoms with E-state index in [2.05, 4.69) is 21.2 Å². The number of ether oxygens (including phenoxy) is 1. The summed E-state index contributed by atoms with van der Waals surface area (Å²) in [6.45, 7) is 1.04. The number of amides is 1. The molecule has 1 saturated heterocycles. The number of carbonyl (C=O) groups excluding carboxylic acids is 1. The van der Waals surface area contributed by atoms with Gasteiger partial charge in [-0.1, -0.05) is 28.1 Å². The second kappa shape index (κ2) is 6.74. The Labute approximate surface area is 146 Å². The number of nitro groups is 1. The molecule has 1 aliphatic heterocycles. The maximum atomic E-state index is 12.5. The first-order valence-electron chi connectivity index (χ1n) is 7.41. The predicted octanol–water partition coefficient (Wildman–Crippen LogP) is 3.39. The highest BCUT2D eigenvalue weighted by molar-refractivity contribution is 9.10. The Morgan fingerprint density at radius 3 is 2.62 bits per heavy atom. The topological polar surface area (TPSA) is 94.6 Å². The van der Waals surface area contributed by atoms with E-state index in [0.29, 0.717) is 26.1 Å². The molecule has 0 spiro atoms. The van der Waals surface area contributed by atoms with Gasteiger partial charge in [0.05, 0.1) is 11.6 Å². The van der Waals surface area contributed by atoms with E-state index >= 15 is 0 Å². The average Bonchev–Trinajstić information content (AvgIpc) is 3.06. The third-order valence-electron chi connectivity index (χ3n) is 4.07. The predicted molar refractivity (Wildman–Crippen MR) is 88.7 cm³/mol. The van der Waals surface area contributed by atoms with Gasteiger partial charge in [0.2, 0.25) is 0 Å². The zero-order valence-corrected chi connectivity index (χ0v) is 14.2. The molecular formula is C16H15BrN2O5.